The van der Waals surface area contributed by atoms with Crippen LogP contribution in [0.15, 0.2) is 67.3 Å². The number of amides is 2. The molecule has 1 saturated heterocycles. The summed E-state index contributed by atoms with van der Waals surface area (Å²) >= 11 is 0. The quantitative estimate of drug-likeness (QED) is 0.279. The molecule has 1 saturated carbocycles. The van der Waals surface area contributed by atoms with Crippen LogP contribution < -0.4 is 20.4 Å². The first kappa shape index (κ1) is 30.0. The van der Waals surface area contributed by atoms with E-state index in [9.17, 15) is 14.4 Å². The van der Waals surface area contributed by atoms with Crippen molar-refractivity contribution in [3.8, 4) is 17.2 Å². The first-order valence-electron chi connectivity index (χ1n) is 15.5. The summed E-state index contributed by atoms with van der Waals surface area (Å²) in [5.74, 6) is 1.61. The lowest BCUT2D eigenvalue weighted by atomic mass is 9.90. The summed E-state index contributed by atoms with van der Waals surface area (Å²) in [6.45, 7) is 1.47. The number of nitrogens with zero attached hydrogens (tertiary/aromatic N) is 8. The topological polar surface area (TPSA) is 128 Å². The van der Waals surface area contributed by atoms with Gasteiger partial charge in [-0.1, -0.05) is 30.3 Å². The molecule has 1 aliphatic carbocycles. The van der Waals surface area contributed by atoms with Crippen LogP contribution in [0.2, 0.25) is 0 Å². The molecule has 4 aromatic rings. The van der Waals surface area contributed by atoms with Gasteiger partial charge in [0.15, 0.2) is 5.82 Å². The lowest BCUT2D eigenvalue weighted by molar-refractivity contribution is 0.240. The van der Waals surface area contributed by atoms with Gasteiger partial charge in [-0.15, -0.1) is 0 Å². The molecule has 2 fully saturated rings. The van der Waals surface area contributed by atoms with Crippen LogP contribution in [0.5, 0.6) is 0 Å². The van der Waals surface area contributed by atoms with E-state index in [1.54, 1.807) is 22.0 Å². The Kier molecular flexibility index (Phi) is 9.14. The van der Waals surface area contributed by atoms with Gasteiger partial charge in [0.05, 0.1) is 12.4 Å². The Labute approximate surface area is 262 Å². The number of piperidine rings is 1. The van der Waals surface area contributed by atoms with E-state index < -0.39 is 6.17 Å². The molecule has 0 radical (unpaired) electrons. The SMILES string of the molecule is Cn1cc(-c2ccc(N(C(=O)NCc3ccccc3)C3CCC(Nc4ncc(C#N)c(N5CCC(F)CC5)n4)CC3)nc2)cn1. The molecule has 232 valence electrons. The predicted octanol–water partition coefficient (Wildman–Crippen LogP) is 5.22. The third-order valence-electron chi connectivity index (χ3n) is 8.55. The minimum atomic E-state index is -0.810. The van der Waals surface area contributed by atoms with Crippen LogP contribution in [-0.4, -0.2) is 62.1 Å². The highest BCUT2D eigenvalue weighted by Crippen LogP contribution is 2.30. The zero-order valence-electron chi connectivity index (χ0n) is 25.3. The number of carbonyl (C=O) groups is 1. The van der Waals surface area contributed by atoms with Gasteiger partial charge in [0.1, 0.15) is 23.6 Å². The Morgan fingerprint density at radius 2 is 1.78 bits per heavy atom. The zero-order chi connectivity index (χ0) is 31.2. The molecule has 2 N–H and O–H groups in total. The van der Waals surface area contributed by atoms with Crippen molar-refractivity contribution in [2.45, 2.75) is 63.3 Å². The number of urea groups is 1. The second-order valence-electron chi connectivity index (χ2n) is 11.7. The average Bonchev–Trinajstić information content (AvgIpc) is 3.52. The van der Waals surface area contributed by atoms with Crippen molar-refractivity contribution < 1.29 is 9.18 Å². The molecule has 0 bridgehead atoms. The highest BCUT2D eigenvalue weighted by Gasteiger charge is 2.31. The second kappa shape index (κ2) is 13.7. The van der Waals surface area contributed by atoms with Crippen molar-refractivity contribution in [1.29, 1.82) is 5.26 Å². The third kappa shape index (κ3) is 7.20. The van der Waals surface area contributed by atoms with Crippen LogP contribution in [0.3, 0.4) is 0 Å². The minimum Gasteiger partial charge on any atom is -0.355 e. The lowest BCUT2D eigenvalue weighted by Crippen LogP contribution is -2.49. The fraction of sp³-hybridized carbons (Fsp3) is 0.394. The Bertz CT molecular complexity index is 1620. The molecule has 0 atom stereocenters. The molecule has 4 heterocycles. The summed E-state index contributed by atoms with van der Waals surface area (Å²) in [7, 11) is 1.87. The number of carbonyl (C=O) groups excluding carboxylic acids is 1. The number of alkyl halides is 1. The lowest BCUT2D eigenvalue weighted by Gasteiger charge is -2.36. The number of hydrogen-bond donors (Lipinski definition) is 2. The van der Waals surface area contributed by atoms with Gasteiger partial charge in [-0.3, -0.25) is 9.58 Å². The highest BCUT2D eigenvalue weighted by molar-refractivity contribution is 5.91. The van der Waals surface area contributed by atoms with E-state index in [0.717, 1.165) is 42.4 Å². The van der Waals surface area contributed by atoms with E-state index in [2.05, 4.69) is 31.8 Å². The number of aryl methyl sites for hydroxylation is 1. The summed E-state index contributed by atoms with van der Waals surface area (Å²) in [5.41, 5.74) is 3.30. The summed E-state index contributed by atoms with van der Waals surface area (Å²) < 4.78 is 15.5. The standard InChI is InChI=1S/C33H37FN10O/c1-42-22-26(21-39-42)24-7-12-30(36-19-24)44(33(45)38-18-23-5-3-2-4-6-23)29-10-8-28(9-11-29)40-32-37-20-25(17-35)31(41-32)43-15-13-27(34)14-16-43/h2-7,12,19-22,27-29H,8-11,13-16,18H2,1H3,(H,38,45)(H,37,40,41). The summed E-state index contributed by atoms with van der Waals surface area (Å²) in [6.07, 6.45) is 10.2. The number of hydrogen-bond acceptors (Lipinski definition) is 8. The van der Waals surface area contributed by atoms with Gasteiger partial charge in [-0.2, -0.15) is 15.3 Å². The van der Waals surface area contributed by atoms with E-state index in [-0.39, 0.29) is 18.1 Å². The van der Waals surface area contributed by atoms with E-state index >= 15 is 0 Å². The van der Waals surface area contributed by atoms with Crippen molar-refractivity contribution in [1.82, 2.24) is 30.0 Å². The van der Waals surface area contributed by atoms with Crippen molar-refractivity contribution in [2.24, 2.45) is 7.05 Å². The number of aromatic nitrogens is 5. The van der Waals surface area contributed by atoms with Gasteiger partial charge in [0.2, 0.25) is 5.95 Å². The number of pyridine rings is 1. The third-order valence-corrected chi connectivity index (χ3v) is 8.55. The van der Waals surface area contributed by atoms with Crippen molar-refractivity contribution >= 4 is 23.6 Å². The molecule has 2 aliphatic rings. The number of nitriles is 1. The van der Waals surface area contributed by atoms with Crippen molar-refractivity contribution in [3.63, 3.8) is 0 Å². The Hall–Kier alpha value is -5.05. The van der Waals surface area contributed by atoms with E-state index in [4.69, 9.17) is 4.98 Å². The minimum absolute atomic E-state index is 0.0463. The average molecular weight is 609 g/mol. The molecule has 0 unspecified atom stereocenters. The molecule has 2 amide bonds. The maximum atomic E-state index is 13.7. The molecule has 6 rings (SSSR count). The summed E-state index contributed by atoms with van der Waals surface area (Å²) in [6, 6.07) is 15.8. The van der Waals surface area contributed by atoms with Gasteiger partial charge in [-0.25, -0.2) is 19.2 Å². The first-order chi connectivity index (χ1) is 22.0. The molecule has 0 spiro atoms. The van der Waals surface area contributed by atoms with Crippen molar-refractivity contribution in [3.05, 3.63) is 78.4 Å². The van der Waals surface area contributed by atoms with E-state index in [1.807, 2.05) is 60.6 Å². The summed E-state index contributed by atoms with van der Waals surface area (Å²) in [4.78, 5) is 31.2. The van der Waals surface area contributed by atoms with Crippen LogP contribution in [-0.2, 0) is 13.6 Å². The van der Waals surface area contributed by atoms with Crippen LogP contribution in [0, 0.1) is 11.3 Å². The number of nitrogens with one attached hydrogen (secondary N) is 2. The van der Waals surface area contributed by atoms with Gasteiger partial charge in [-0.05, 0) is 56.2 Å². The molecule has 1 aliphatic heterocycles. The van der Waals surface area contributed by atoms with E-state index in [0.29, 0.717) is 55.6 Å². The Morgan fingerprint density at radius 3 is 2.44 bits per heavy atom. The number of halogens is 1. The molecule has 11 nitrogen and oxygen atoms in total. The summed E-state index contributed by atoms with van der Waals surface area (Å²) in [5, 5.41) is 20.4. The Morgan fingerprint density at radius 1 is 1.00 bits per heavy atom. The number of rotatable bonds is 8. The number of anilines is 3. The first-order valence-corrected chi connectivity index (χ1v) is 15.5. The Balaban J connectivity index is 1.14. The fourth-order valence-corrected chi connectivity index (χ4v) is 6.07. The molecular weight excluding hydrogens is 571 g/mol. The van der Waals surface area contributed by atoms with E-state index in [1.165, 1.54) is 6.20 Å². The fourth-order valence-electron chi connectivity index (χ4n) is 6.07. The molecule has 12 heteroatoms. The molecular formula is C33H37FN10O. The van der Waals surface area contributed by atoms with Gasteiger partial charge in [0, 0.05) is 62.3 Å². The van der Waals surface area contributed by atoms with Gasteiger partial charge < -0.3 is 15.5 Å². The van der Waals surface area contributed by atoms with Crippen LogP contribution >= 0.6 is 0 Å². The maximum Gasteiger partial charge on any atom is 0.323 e. The monoisotopic (exact) mass is 608 g/mol. The van der Waals surface area contributed by atoms with Gasteiger partial charge in [0.25, 0.3) is 0 Å². The predicted molar refractivity (Wildman–Crippen MR) is 170 cm³/mol. The molecule has 45 heavy (non-hydrogen) atoms. The number of benzene rings is 1. The molecule has 3 aromatic heterocycles. The van der Waals surface area contributed by atoms with Gasteiger partial charge >= 0.3 is 6.03 Å². The zero-order valence-corrected chi connectivity index (χ0v) is 25.3. The smallest absolute Gasteiger partial charge is 0.323 e. The second-order valence-corrected chi connectivity index (χ2v) is 11.7. The van der Waals surface area contributed by atoms with Crippen molar-refractivity contribution in [2.75, 3.05) is 28.2 Å². The highest BCUT2D eigenvalue weighted by atomic mass is 19.1. The van der Waals surface area contributed by atoms with Crippen LogP contribution in [0.1, 0.15) is 49.7 Å². The maximum absolute atomic E-state index is 13.7. The largest absolute Gasteiger partial charge is 0.355 e. The molecule has 1 aromatic carbocycles. The normalized spacial score (nSPS) is 18.6. The van der Waals surface area contributed by atoms with Crippen LogP contribution in [0.25, 0.3) is 11.1 Å². The van der Waals surface area contributed by atoms with Crippen LogP contribution in [0.4, 0.5) is 26.8 Å².